The molecule has 0 radical (unpaired) electrons. The maximum absolute atomic E-state index is 14.2. The van der Waals surface area contributed by atoms with E-state index < -0.39 is 53.2 Å². The number of phenolic OH excluding ortho intramolecular Hbond substituents is 1. The molecule has 10 nitrogen and oxygen atoms in total. The Kier molecular flexibility index (Phi) is 12.8. The van der Waals surface area contributed by atoms with Gasteiger partial charge in [-0.15, -0.1) is 0 Å². The van der Waals surface area contributed by atoms with E-state index in [1.807, 2.05) is 44.2 Å². The molecule has 2 aromatic carbocycles. The van der Waals surface area contributed by atoms with Crippen LogP contribution in [0.25, 0.3) is 0 Å². The number of ether oxygens (including phenoxy) is 2. The average molecular weight is 612 g/mol. The minimum Gasteiger partial charge on any atom is -0.508 e. The molecule has 0 bridgehead atoms. The van der Waals surface area contributed by atoms with Crippen LogP contribution in [0.1, 0.15) is 85.9 Å². The quantitative estimate of drug-likeness (QED) is 0.278. The Balaban J connectivity index is 2.53. The number of carbonyl (C=O) groups is 4. The summed E-state index contributed by atoms with van der Waals surface area (Å²) >= 11 is 0. The van der Waals surface area contributed by atoms with Gasteiger partial charge in [0.2, 0.25) is 11.8 Å². The predicted octanol–water partition coefficient (Wildman–Crippen LogP) is 5.29. The summed E-state index contributed by atoms with van der Waals surface area (Å²) in [4.78, 5) is 55.8. The molecular formula is C34H49N3O7. The molecule has 0 aliphatic heterocycles. The molecule has 0 aliphatic rings. The zero-order chi connectivity index (χ0) is 33.2. The lowest BCUT2D eigenvalue weighted by Crippen LogP contribution is -2.56. The van der Waals surface area contributed by atoms with E-state index in [0.29, 0.717) is 12.0 Å². The molecule has 0 saturated heterocycles. The summed E-state index contributed by atoms with van der Waals surface area (Å²) < 4.78 is 11.1. The molecule has 0 aliphatic carbocycles. The van der Waals surface area contributed by atoms with Crippen molar-refractivity contribution < 1.29 is 33.8 Å². The van der Waals surface area contributed by atoms with Crippen molar-refractivity contribution in [2.24, 2.45) is 5.92 Å². The first-order valence-corrected chi connectivity index (χ1v) is 15.1. The van der Waals surface area contributed by atoms with Gasteiger partial charge in [0.1, 0.15) is 35.1 Å². The average Bonchev–Trinajstić information content (AvgIpc) is 2.92. The Labute approximate surface area is 261 Å². The smallest absolute Gasteiger partial charge is 0.408 e. The summed E-state index contributed by atoms with van der Waals surface area (Å²) in [5.74, 6) is -2.02. The summed E-state index contributed by atoms with van der Waals surface area (Å²) in [6, 6.07) is 11.9. The van der Waals surface area contributed by atoms with Gasteiger partial charge in [-0.1, -0.05) is 62.7 Å². The third kappa shape index (κ3) is 11.2. The third-order valence-electron chi connectivity index (χ3n) is 6.83. The van der Waals surface area contributed by atoms with E-state index in [1.165, 1.54) is 17.0 Å². The molecule has 0 aromatic heterocycles. The van der Waals surface area contributed by atoms with Crippen LogP contribution in [0.2, 0.25) is 0 Å². The Bertz CT molecular complexity index is 1250. The van der Waals surface area contributed by atoms with Crippen molar-refractivity contribution in [2.45, 2.75) is 104 Å². The van der Waals surface area contributed by atoms with Crippen LogP contribution < -0.4 is 10.6 Å². The number of phenols is 1. The molecule has 4 atom stereocenters. The minimum absolute atomic E-state index is 0.0120. The lowest BCUT2D eigenvalue weighted by atomic mass is 9.95. The molecule has 242 valence electrons. The van der Waals surface area contributed by atoms with Crippen molar-refractivity contribution in [2.75, 3.05) is 6.54 Å². The topological polar surface area (TPSA) is 134 Å². The number of alkyl carbamates (subject to hydrolysis) is 1. The van der Waals surface area contributed by atoms with Crippen molar-refractivity contribution in [1.29, 1.82) is 0 Å². The molecule has 4 unspecified atom stereocenters. The number of amides is 3. The van der Waals surface area contributed by atoms with Crippen LogP contribution in [0.5, 0.6) is 5.75 Å². The Morgan fingerprint density at radius 2 is 1.41 bits per heavy atom. The van der Waals surface area contributed by atoms with E-state index in [4.69, 9.17) is 9.47 Å². The van der Waals surface area contributed by atoms with Crippen LogP contribution >= 0.6 is 0 Å². The summed E-state index contributed by atoms with van der Waals surface area (Å²) in [7, 11) is 0. The van der Waals surface area contributed by atoms with Crippen LogP contribution in [0.15, 0.2) is 54.6 Å². The number of hydrogen-bond acceptors (Lipinski definition) is 7. The zero-order valence-electron chi connectivity index (χ0n) is 27.5. The van der Waals surface area contributed by atoms with Crippen LogP contribution in [0, 0.1) is 5.92 Å². The van der Waals surface area contributed by atoms with Gasteiger partial charge in [0.15, 0.2) is 0 Å². The first-order chi connectivity index (χ1) is 20.5. The Morgan fingerprint density at radius 3 is 1.91 bits per heavy atom. The number of carbonyl (C=O) groups excluding carboxylic acids is 4. The fourth-order valence-electron chi connectivity index (χ4n) is 4.56. The Morgan fingerprint density at radius 1 is 0.841 bits per heavy atom. The number of nitrogens with zero attached hydrogens (tertiary/aromatic N) is 1. The predicted molar refractivity (Wildman–Crippen MR) is 169 cm³/mol. The highest BCUT2D eigenvalue weighted by atomic mass is 16.6. The number of rotatable bonds is 12. The van der Waals surface area contributed by atoms with E-state index >= 15 is 0 Å². The highest BCUT2D eigenvalue weighted by molar-refractivity contribution is 5.94. The SMILES string of the molecule is CCC(C)C(NC(=O)OC(C)(C)C)C(=O)N(CC)C(C(=O)NC(Cc1ccccc1)C(=O)OC(C)(C)C)c1ccc(O)cc1. The minimum atomic E-state index is -1.19. The normalized spacial score (nSPS) is 14.4. The van der Waals surface area contributed by atoms with Crippen molar-refractivity contribution in [3.05, 3.63) is 65.7 Å². The van der Waals surface area contributed by atoms with E-state index in [0.717, 1.165) is 5.56 Å². The molecule has 0 spiro atoms. The standard InChI is InChI=1S/C34H49N3O7/c1-10-22(3)27(36-32(42)44-34(7,8)9)30(40)37(11-2)28(24-17-19-25(38)20-18-24)29(39)35-26(31(41)43-33(4,5)6)21-23-15-13-12-14-16-23/h12-20,22,26-28,38H,10-11,21H2,1-9H3,(H,35,39)(H,36,42). The first-order valence-electron chi connectivity index (χ1n) is 15.1. The summed E-state index contributed by atoms with van der Waals surface area (Å²) in [6.07, 6.45) is -0.0114. The lowest BCUT2D eigenvalue weighted by Gasteiger charge is -2.36. The van der Waals surface area contributed by atoms with Crippen LogP contribution in [-0.4, -0.2) is 63.7 Å². The van der Waals surface area contributed by atoms with Crippen LogP contribution in [0.3, 0.4) is 0 Å². The number of nitrogens with one attached hydrogen (secondary N) is 2. The highest BCUT2D eigenvalue weighted by Crippen LogP contribution is 2.26. The number of likely N-dealkylation sites (N-methyl/N-ethyl adjacent to an activating group) is 1. The van der Waals surface area contributed by atoms with Crippen LogP contribution in [-0.2, 0) is 30.3 Å². The number of benzene rings is 2. The number of aromatic hydroxyl groups is 1. The van der Waals surface area contributed by atoms with E-state index in [9.17, 15) is 24.3 Å². The van der Waals surface area contributed by atoms with Gasteiger partial charge in [0, 0.05) is 13.0 Å². The van der Waals surface area contributed by atoms with Gasteiger partial charge in [-0.3, -0.25) is 9.59 Å². The van der Waals surface area contributed by atoms with Gasteiger partial charge >= 0.3 is 12.1 Å². The molecule has 3 N–H and O–H groups in total. The van der Waals surface area contributed by atoms with E-state index in [1.54, 1.807) is 60.6 Å². The van der Waals surface area contributed by atoms with Gasteiger partial charge in [-0.25, -0.2) is 9.59 Å². The molecule has 10 heteroatoms. The first kappa shape index (κ1) is 36.1. The zero-order valence-corrected chi connectivity index (χ0v) is 27.5. The summed E-state index contributed by atoms with van der Waals surface area (Å²) in [6.45, 7) is 16.0. The van der Waals surface area contributed by atoms with Gasteiger partial charge in [0.25, 0.3) is 0 Å². The van der Waals surface area contributed by atoms with Crippen molar-refractivity contribution in [3.8, 4) is 5.75 Å². The molecule has 3 amide bonds. The number of esters is 1. The highest BCUT2D eigenvalue weighted by Gasteiger charge is 2.39. The Hall–Kier alpha value is -4.08. The maximum atomic E-state index is 14.2. The fourth-order valence-corrected chi connectivity index (χ4v) is 4.56. The van der Waals surface area contributed by atoms with Gasteiger partial charge in [-0.05, 0) is 77.6 Å². The van der Waals surface area contributed by atoms with Crippen molar-refractivity contribution in [1.82, 2.24) is 15.5 Å². The van der Waals surface area contributed by atoms with E-state index in [-0.39, 0.29) is 24.6 Å². The molecule has 0 fully saturated rings. The second-order valence-electron chi connectivity index (χ2n) is 12.9. The van der Waals surface area contributed by atoms with E-state index in [2.05, 4.69) is 10.6 Å². The molecule has 0 saturated carbocycles. The van der Waals surface area contributed by atoms with Gasteiger partial charge in [0.05, 0.1) is 0 Å². The molecular weight excluding hydrogens is 562 g/mol. The molecule has 0 heterocycles. The second kappa shape index (κ2) is 15.6. The monoisotopic (exact) mass is 611 g/mol. The second-order valence-corrected chi connectivity index (χ2v) is 12.9. The fraction of sp³-hybridized carbons (Fsp3) is 0.529. The summed E-state index contributed by atoms with van der Waals surface area (Å²) in [5.41, 5.74) is -0.346. The molecule has 2 rings (SSSR count). The molecule has 2 aromatic rings. The van der Waals surface area contributed by atoms with Crippen molar-refractivity contribution in [3.63, 3.8) is 0 Å². The number of hydrogen-bond donors (Lipinski definition) is 3. The van der Waals surface area contributed by atoms with Gasteiger partial charge < -0.3 is 30.1 Å². The summed E-state index contributed by atoms with van der Waals surface area (Å²) in [5, 5.41) is 15.5. The van der Waals surface area contributed by atoms with Crippen molar-refractivity contribution >= 4 is 23.9 Å². The van der Waals surface area contributed by atoms with Crippen LogP contribution in [0.4, 0.5) is 4.79 Å². The largest absolute Gasteiger partial charge is 0.508 e. The third-order valence-corrected chi connectivity index (χ3v) is 6.83. The molecule has 44 heavy (non-hydrogen) atoms. The maximum Gasteiger partial charge on any atom is 0.408 e. The lowest BCUT2D eigenvalue weighted by molar-refractivity contribution is -0.159. The van der Waals surface area contributed by atoms with Gasteiger partial charge in [-0.2, -0.15) is 0 Å².